The van der Waals surface area contributed by atoms with E-state index in [-0.39, 0.29) is 11.5 Å². The molecular weight excluding hydrogens is 234 g/mol. The number of carboxylic acid groups (broad SMARTS) is 1. The first-order chi connectivity index (χ1) is 8.40. The Labute approximate surface area is 103 Å². The van der Waals surface area contributed by atoms with Crippen LogP contribution in [0.3, 0.4) is 0 Å². The van der Waals surface area contributed by atoms with Crippen LogP contribution in [0.1, 0.15) is 21.6 Å². The Morgan fingerprint density at radius 1 is 1.28 bits per heavy atom. The van der Waals surface area contributed by atoms with Gasteiger partial charge in [0.1, 0.15) is 5.82 Å². The number of nitrogens with zero attached hydrogens (tertiary/aromatic N) is 1. The predicted molar refractivity (Wildman–Crippen MR) is 67.2 cm³/mol. The number of H-pyrrole nitrogens is 1. The van der Waals surface area contributed by atoms with Crippen LogP contribution in [0.4, 0.5) is 5.82 Å². The number of aryl methyl sites for hydroxylation is 2. The van der Waals surface area contributed by atoms with Crippen LogP contribution in [0.25, 0.3) is 5.69 Å². The molecule has 0 bridgehead atoms. The molecule has 4 N–H and O–H groups in total. The van der Waals surface area contributed by atoms with Crippen LogP contribution in [0.5, 0.6) is 0 Å². The zero-order valence-corrected chi connectivity index (χ0v) is 10.0. The average molecular weight is 247 g/mol. The van der Waals surface area contributed by atoms with Crippen molar-refractivity contribution in [2.24, 2.45) is 0 Å². The lowest BCUT2D eigenvalue weighted by molar-refractivity contribution is 0.0689. The monoisotopic (exact) mass is 247 g/mol. The minimum absolute atomic E-state index is 0.147. The molecule has 0 aliphatic carbocycles. The molecule has 0 amide bonds. The lowest BCUT2D eigenvalue weighted by atomic mass is 10.1. The van der Waals surface area contributed by atoms with Crippen LogP contribution in [-0.2, 0) is 0 Å². The molecule has 0 saturated heterocycles. The molecule has 0 spiro atoms. The molecule has 2 aromatic rings. The first-order valence-electron chi connectivity index (χ1n) is 5.32. The molecule has 6 heteroatoms. The lowest BCUT2D eigenvalue weighted by Crippen LogP contribution is -2.19. The highest BCUT2D eigenvalue weighted by Crippen LogP contribution is 2.16. The number of imidazole rings is 1. The number of nitrogens with one attached hydrogen (secondary N) is 1. The van der Waals surface area contributed by atoms with Gasteiger partial charge >= 0.3 is 11.7 Å². The average Bonchev–Trinajstić information content (AvgIpc) is 2.51. The van der Waals surface area contributed by atoms with Crippen molar-refractivity contribution in [3.05, 3.63) is 45.5 Å². The van der Waals surface area contributed by atoms with Crippen molar-refractivity contribution in [2.75, 3.05) is 5.73 Å². The summed E-state index contributed by atoms with van der Waals surface area (Å²) in [6.07, 6.45) is 0. The summed E-state index contributed by atoms with van der Waals surface area (Å²) in [5, 5.41) is 9.10. The molecule has 0 aliphatic heterocycles. The van der Waals surface area contributed by atoms with Crippen LogP contribution in [-0.4, -0.2) is 20.6 Å². The smallest absolute Gasteiger partial charge is 0.356 e. The quantitative estimate of drug-likeness (QED) is 0.738. The van der Waals surface area contributed by atoms with E-state index in [9.17, 15) is 9.59 Å². The zero-order chi connectivity index (χ0) is 13.4. The second-order valence-corrected chi connectivity index (χ2v) is 4.18. The molecule has 18 heavy (non-hydrogen) atoms. The SMILES string of the molecule is Cc1cc(C)cc(-n2c(C(=O)O)c(N)[nH]c2=O)c1. The maximum Gasteiger partial charge on any atom is 0.356 e. The second-order valence-electron chi connectivity index (χ2n) is 4.18. The van der Waals surface area contributed by atoms with Crippen molar-refractivity contribution in [3.63, 3.8) is 0 Å². The Kier molecular flexibility index (Phi) is 2.70. The summed E-state index contributed by atoms with van der Waals surface area (Å²) >= 11 is 0. The molecule has 0 radical (unpaired) electrons. The Bertz CT molecular complexity index is 662. The van der Waals surface area contributed by atoms with Crippen molar-refractivity contribution in [1.29, 1.82) is 0 Å². The third-order valence-corrected chi connectivity index (χ3v) is 2.59. The third-order valence-electron chi connectivity index (χ3n) is 2.59. The number of anilines is 1. The van der Waals surface area contributed by atoms with Gasteiger partial charge in [-0.3, -0.25) is 9.55 Å². The summed E-state index contributed by atoms with van der Waals surface area (Å²) in [7, 11) is 0. The van der Waals surface area contributed by atoms with Crippen molar-refractivity contribution in [1.82, 2.24) is 9.55 Å². The summed E-state index contributed by atoms with van der Waals surface area (Å²) in [4.78, 5) is 25.2. The van der Waals surface area contributed by atoms with Gasteiger partial charge in [-0.25, -0.2) is 9.59 Å². The third kappa shape index (κ3) is 1.88. The number of nitrogen functional groups attached to an aromatic ring is 1. The highest BCUT2D eigenvalue weighted by atomic mass is 16.4. The highest BCUT2D eigenvalue weighted by Gasteiger charge is 2.19. The number of aromatic carboxylic acids is 1. The predicted octanol–water partition coefficient (Wildman–Crippen LogP) is 1.06. The van der Waals surface area contributed by atoms with Gasteiger partial charge in [-0.15, -0.1) is 0 Å². The molecule has 1 aromatic carbocycles. The molecule has 0 aliphatic rings. The fraction of sp³-hybridized carbons (Fsp3) is 0.167. The topological polar surface area (TPSA) is 101 Å². The number of aromatic nitrogens is 2. The van der Waals surface area contributed by atoms with Gasteiger partial charge in [-0.2, -0.15) is 0 Å². The molecule has 1 aromatic heterocycles. The summed E-state index contributed by atoms with van der Waals surface area (Å²) < 4.78 is 1.07. The number of nitrogens with two attached hydrogens (primary N) is 1. The van der Waals surface area contributed by atoms with Crippen molar-refractivity contribution < 1.29 is 9.90 Å². The first-order valence-corrected chi connectivity index (χ1v) is 5.32. The van der Waals surface area contributed by atoms with E-state index < -0.39 is 11.7 Å². The number of aromatic amines is 1. The van der Waals surface area contributed by atoms with Crippen molar-refractivity contribution >= 4 is 11.8 Å². The summed E-state index contributed by atoms with van der Waals surface area (Å²) in [5.41, 5.74) is 7.06. The number of hydrogen-bond donors (Lipinski definition) is 3. The number of carbonyl (C=O) groups is 1. The minimum atomic E-state index is -1.25. The van der Waals surface area contributed by atoms with E-state index in [2.05, 4.69) is 4.98 Å². The number of carboxylic acids is 1. The lowest BCUT2D eigenvalue weighted by Gasteiger charge is -2.07. The van der Waals surface area contributed by atoms with E-state index in [1.165, 1.54) is 0 Å². The van der Waals surface area contributed by atoms with E-state index >= 15 is 0 Å². The Hall–Kier alpha value is -2.50. The van der Waals surface area contributed by atoms with Crippen molar-refractivity contribution in [3.8, 4) is 5.69 Å². The summed E-state index contributed by atoms with van der Waals surface area (Å²) in [5.74, 6) is -1.39. The highest BCUT2D eigenvalue weighted by molar-refractivity contribution is 5.91. The van der Waals surface area contributed by atoms with Gasteiger partial charge < -0.3 is 10.8 Å². The van der Waals surface area contributed by atoms with Crippen LogP contribution in [0, 0.1) is 13.8 Å². The fourth-order valence-electron chi connectivity index (χ4n) is 1.99. The van der Waals surface area contributed by atoms with Gasteiger partial charge in [0.2, 0.25) is 0 Å². The van der Waals surface area contributed by atoms with Gasteiger partial charge in [-0.1, -0.05) is 6.07 Å². The first kappa shape index (κ1) is 12.0. The molecule has 0 saturated carbocycles. The molecule has 0 fully saturated rings. The van der Waals surface area contributed by atoms with Crippen LogP contribution in [0.2, 0.25) is 0 Å². The van der Waals surface area contributed by atoms with Gasteiger partial charge in [0.15, 0.2) is 5.69 Å². The maximum atomic E-state index is 11.8. The van der Waals surface area contributed by atoms with E-state index in [4.69, 9.17) is 10.8 Å². The second kappa shape index (κ2) is 4.06. The summed E-state index contributed by atoms with van der Waals surface area (Å²) in [6, 6.07) is 5.40. The molecule has 0 atom stereocenters. The minimum Gasteiger partial charge on any atom is -0.476 e. The molecule has 0 unspecified atom stereocenters. The van der Waals surface area contributed by atoms with E-state index in [1.54, 1.807) is 12.1 Å². The Morgan fingerprint density at radius 2 is 1.83 bits per heavy atom. The number of benzene rings is 1. The van der Waals surface area contributed by atoms with Crippen LogP contribution < -0.4 is 11.4 Å². The van der Waals surface area contributed by atoms with Crippen LogP contribution in [0.15, 0.2) is 23.0 Å². The largest absolute Gasteiger partial charge is 0.476 e. The van der Waals surface area contributed by atoms with Gasteiger partial charge in [-0.05, 0) is 37.1 Å². The van der Waals surface area contributed by atoms with E-state index in [1.807, 2.05) is 19.9 Å². The standard InChI is InChI=1S/C12H13N3O3/c1-6-3-7(2)5-8(4-6)15-9(11(16)17)10(13)14-12(15)18/h3-5H,13H2,1-2H3,(H,14,18)(H,16,17). The zero-order valence-electron chi connectivity index (χ0n) is 10.0. The molecular formula is C12H13N3O3. The van der Waals surface area contributed by atoms with Gasteiger partial charge in [0.05, 0.1) is 5.69 Å². The Balaban J connectivity index is 2.78. The molecule has 1 heterocycles. The van der Waals surface area contributed by atoms with Gasteiger partial charge in [0, 0.05) is 0 Å². The van der Waals surface area contributed by atoms with Crippen molar-refractivity contribution in [2.45, 2.75) is 13.8 Å². The number of hydrogen-bond acceptors (Lipinski definition) is 3. The maximum absolute atomic E-state index is 11.8. The molecule has 6 nitrogen and oxygen atoms in total. The Morgan fingerprint density at radius 3 is 2.33 bits per heavy atom. The fourth-order valence-corrected chi connectivity index (χ4v) is 1.99. The molecule has 2 rings (SSSR count). The van der Waals surface area contributed by atoms with Crippen LogP contribution >= 0.6 is 0 Å². The summed E-state index contributed by atoms with van der Waals surface area (Å²) in [6.45, 7) is 3.75. The van der Waals surface area contributed by atoms with E-state index in [0.717, 1.165) is 15.7 Å². The van der Waals surface area contributed by atoms with E-state index in [0.29, 0.717) is 5.69 Å². The van der Waals surface area contributed by atoms with Gasteiger partial charge in [0.25, 0.3) is 0 Å². The molecule has 94 valence electrons. The number of rotatable bonds is 2. The normalized spacial score (nSPS) is 10.6.